The number of alkyl carbamates (subject to hydrolysis) is 1. The van der Waals surface area contributed by atoms with Gasteiger partial charge in [0, 0.05) is 13.0 Å². The Morgan fingerprint density at radius 1 is 1.19 bits per heavy atom. The van der Waals surface area contributed by atoms with Crippen LogP contribution in [0.1, 0.15) is 12.5 Å². The van der Waals surface area contributed by atoms with Gasteiger partial charge in [-0.25, -0.2) is 9.59 Å². The number of aliphatic carboxylic acids is 1. The fourth-order valence-corrected chi connectivity index (χ4v) is 2.16. The highest BCUT2D eigenvalue weighted by Gasteiger charge is 2.23. The molecule has 0 aromatic heterocycles. The van der Waals surface area contributed by atoms with Crippen molar-refractivity contribution < 1.29 is 19.4 Å². The maximum atomic E-state index is 11.4. The molecule has 5 nitrogen and oxygen atoms in total. The minimum atomic E-state index is -1.21. The molecule has 0 aliphatic carbocycles. The van der Waals surface area contributed by atoms with Crippen molar-refractivity contribution in [2.45, 2.75) is 19.4 Å². The monoisotopic (exact) mass is 287 g/mol. The van der Waals surface area contributed by atoms with Gasteiger partial charge in [0.15, 0.2) is 0 Å². The topological polar surface area (TPSA) is 75.6 Å². The Morgan fingerprint density at radius 2 is 1.90 bits per heavy atom. The highest BCUT2D eigenvalue weighted by Crippen LogP contribution is 2.20. The van der Waals surface area contributed by atoms with Crippen molar-refractivity contribution in [1.82, 2.24) is 5.32 Å². The Kier molecular flexibility index (Phi) is 4.77. The lowest BCUT2D eigenvalue weighted by atomic mass is 10.00. The molecular formula is C16H17NO4. The van der Waals surface area contributed by atoms with E-state index in [0.29, 0.717) is 6.54 Å². The first-order chi connectivity index (χ1) is 10.1. The molecule has 0 unspecified atom stereocenters. The molecule has 21 heavy (non-hydrogen) atoms. The van der Waals surface area contributed by atoms with Crippen molar-refractivity contribution in [3.05, 3.63) is 48.0 Å². The van der Waals surface area contributed by atoms with Crippen molar-refractivity contribution >= 4 is 22.8 Å². The van der Waals surface area contributed by atoms with Crippen LogP contribution in [0.5, 0.6) is 0 Å². The van der Waals surface area contributed by atoms with Crippen molar-refractivity contribution in [1.29, 1.82) is 0 Å². The van der Waals surface area contributed by atoms with Crippen molar-refractivity contribution in [3.63, 3.8) is 0 Å². The average Bonchev–Trinajstić information content (AvgIpc) is 2.47. The quantitative estimate of drug-likeness (QED) is 0.886. The summed E-state index contributed by atoms with van der Waals surface area (Å²) < 4.78 is 4.96. The van der Waals surface area contributed by atoms with Gasteiger partial charge in [-0.05, 0) is 23.3 Å². The van der Waals surface area contributed by atoms with Crippen LogP contribution in [0.25, 0.3) is 10.8 Å². The van der Waals surface area contributed by atoms with Crippen LogP contribution in [-0.4, -0.2) is 29.8 Å². The van der Waals surface area contributed by atoms with Crippen LogP contribution in [-0.2, 0) is 16.0 Å². The van der Waals surface area contributed by atoms with E-state index in [2.05, 4.69) is 5.32 Å². The molecule has 1 amide bonds. The zero-order chi connectivity index (χ0) is 15.2. The van der Waals surface area contributed by atoms with Crippen LogP contribution < -0.4 is 5.32 Å². The molecule has 0 aliphatic rings. The van der Waals surface area contributed by atoms with E-state index in [9.17, 15) is 14.7 Å². The fraction of sp³-hybridized carbons (Fsp3) is 0.250. The van der Waals surface area contributed by atoms with Crippen LogP contribution in [0, 0.1) is 0 Å². The van der Waals surface area contributed by atoms with Gasteiger partial charge in [0.05, 0.1) is 0 Å². The lowest BCUT2D eigenvalue weighted by Crippen LogP contribution is -2.34. The molecule has 0 saturated heterocycles. The number of carboxylic acid groups (broad SMARTS) is 1. The summed E-state index contributed by atoms with van der Waals surface area (Å²) in [6, 6.07) is 13.4. The number of fused-ring (bicyclic) bond motifs is 1. The molecule has 1 atom stereocenters. The predicted octanol–water partition coefficient (Wildman–Crippen LogP) is 2.58. The third kappa shape index (κ3) is 3.72. The number of hydrogen-bond acceptors (Lipinski definition) is 3. The zero-order valence-electron chi connectivity index (χ0n) is 11.7. The molecule has 5 heteroatoms. The van der Waals surface area contributed by atoms with E-state index in [-0.39, 0.29) is 6.42 Å². The van der Waals surface area contributed by atoms with Crippen molar-refractivity contribution in [3.8, 4) is 0 Å². The number of hydrogen-bond donors (Lipinski definition) is 2. The number of rotatable bonds is 5. The summed E-state index contributed by atoms with van der Waals surface area (Å²) in [5.74, 6) is -1.16. The summed E-state index contributed by atoms with van der Waals surface area (Å²) >= 11 is 0. The van der Waals surface area contributed by atoms with Crippen molar-refractivity contribution in [2.24, 2.45) is 0 Å². The van der Waals surface area contributed by atoms with E-state index in [1.165, 1.54) is 0 Å². The van der Waals surface area contributed by atoms with E-state index >= 15 is 0 Å². The molecule has 2 rings (SSSR count). The van der Waals surface area contributed by atoms with Crippen LogP contribution in [0.15, 0.2) is 42.5 Å². The molecule has 2 aromatic carbocycles. The molecule has 2 N–H and O–H groups in total. The van der Waals surface area contributed by atoms with Gasteiger partial charge in [-0.15, -0.1) is 0 Å². The smallest absolute Gasteiger partial charge is 0.407 e. The molecule has 0 fully saturated rings. The number of carboxylic acids is 1. The van der Waals surface area contributed by atoms with E-state index in [1.54, 1.807) is 6.92 Å². The summed E-state index contributed by atoms with van der Waals surface area (Å²) in [4.78, 5) is 22.7. The second kappa shape index (κ2) is 6.74. The number of carbonyl (C=O) groups excluding carboxylic acids is 1. The Morgan fingerprint density at radius 3 is 2.62 bits per heavy atom. The SMILES string of the molecule is CCNC(=O)O[C@H](Cc1cccc2ccccc12)C(=O)O. The lowest BCUT2D eigenvalue weighted by molar-refractivity contribution is -0.146. The van der Waals surface area contributed by atoms with Crippen LogP contribution in [0.3, 0.4) is 0 Å². The average molecular weight is 287 g/mol. The van der Waals surface area contributed by atoms with Gasteiger partial charge in [-0.1, -0.05) is 42.5 Å². The summed E-state index contributed by atoms with van der Waals surface area (Å²) in [5.41, 5.74) is 0.838. The maximum Gasteiger partial charge on any atom is 0.407 e. The standard InChI is InChI=1S/C16H17NO4/c1-2-17-16(20)21-14(15(18)19)10-12-8-5-7-11-6-3-4-9-13(11)12/h3-9,14H,2,10H2,1H3,(H,17,20)(H,18,19)/t14-/m1/s1. The van der Waals surface area contributed by atoms with Gasteiger partial charge < -0.3 is 15.2 Å². The van der Waals surface area contributed by atoms with Crippen LogP contribution >= 0.6 is 0 Å². The summed E-state index contributed by atoms with van der Waals surface area (Å²) in [7, 11) is 0. The first-order valence-electron chi connectivity index (χ1n) is 6.75. The molecule has 0 aliphatic heterocycles. The number of benzene rings is 2. The second-order valence-electron chi connectivity index (χ2n) is 4.60. The Balaban J connectivity index is 2.23. The Labute approximate surface area is 122 Å². The predicted molar refractivity (Wildman–Crippen MR) is 79.2 cm³/mol. The Hall–Kier alpha value is -2.56. The van der Waals surface area contributed by atoms with Crippen LogP contribution in [0.4, 0.5) is 4.79 Å². The number of ether oxygens (including phenoxy) is 1. The molecule has 2 aromatic rings. The molecule has 110 valence electrons. The van der Waals surface area contributed by atoms with Gasteiger partial charge in [-0.3, -0.25) is 0 Å². The lowest BCUT2D eigenvalue weighted by Gasteiger charge is -2.15. The van der Waals surface area contributed by atoms with Gasteiger partial charge >= 0.3 is 12.1 Å². The van der Waals surface area contributed by atoms with E-state index < -0.39 is 18.2 Å². The minimum Gasteiger partial charge on any atom is -0.478 e. The molecular weight excluding hydrogens is 270 g/mol. The number of nitrogens with one attached hydrogen (secondary N) is 1. The van der Waals surface area contributed by atoms with Crippen molar-refractivity contribution in [2.75, 3.05) is 6.54 Å². The van der Waals surface area contributed by atoms with Gasteiger partial charge in [0.1, 0.15) is 0 Å². The highest BCUT2D eigenvalue weighted by molar-refractivity contribution is 5.86. The van der Waals surface area contributed by atoms with E-state index in [1.807, 2.05) is 42.5 Å². The second-order valence-corrected chi connectivity index (χ2v) is 4.60. The highest BCUT2D eigenvalue weighted by atomic mass is 16.6. The maximum absolute atomic E-state index is 11.4. The third-order valence-electron chi connectivity index (χ3n) is 3.13. The first kappa shape index (κ1) is 14.8. The fourth-order valence-electron chi connectivity index (χ4n) is 2.16. The third-order valence-corrected chi connectivity index (χ3v) is 3.13. The summed E-state index contributed by atoms with van der Waals surface area (Å²) in [5, 5.41) is 13.6. The van der Waals surface area contributed by atoms with E-state index in [0.717, 1.165) is 16.3 Å². The Bertz CT molecular complexity index is 648. The minimum absolute atomic E-state index is 0.133. The van der Waals surface area contributed by atoms with Gasteiger partial charge in [0.2, 0.25) is 6.10 Å². The van der Waals surface area contributed by atoms with E-state index in [4.69, 9.17) is 4.74 Å². The largest absolute Gasteiger partial charge is 0.478 e. The zero-order valence-corrected chi connectivity index (χ0v) is 11.7. The summed E-state index contributed by atoms with van der Waals surface area (Å²) in [6.45, 7) is 2.13. The molecule has 0 radical (unpaired) electrons. The molecule has 0 heterocycles. The molecule has 0 bridgehead atoms. The van der Waals surface area contributed by atoms with Gasteiger partial charge in [-0.2, -0.15) is 0 Å². The van der Waals surface area contributed by atoms with Crippen LogP contribution in [0.2, 0.25) is 0 Å². The summed E-state index contributed by atoms with van der Waals surface area (Å²) in [6.07, 6.45) is -1.79. The van der Waals surface area contributed by atoms with Gasteiger partial charge in [0.25, 0.3) is 0 Å². The number of amides is 1. The molecule has 0 saturated carbocycles. The molecule has 0 spiro atoms. The normalized spacial score (nSPS) is 11.9. The number of carbonyl (C=O) groups is 2. The first-order valence-corrected chi connectivity index (χ1v) is 6.75.